The van der Waals surface area contributed by atoms with Crippen molar-refractivity contribution >= 4 is 0 Å². The second-order valence-corrected chi connectivity index (χ2v) is 3.59. The number of oxazole rings is 1. The minimum Gasteiger partial charge on any atom is -0.445 e. The van der Waals surface area contributed by atoms with E-state index in [0.29, 0.717) is 24.7 Å². The van der Waals surface area contributed by atoms with Gasteiger partial charge in [0.05, 0.1) is 12.7 Å². The summed E-state index contributed by atoms with van der Waals surface area (Å²) >= 11 is 0. The molecule has 0 aliphatic carbocycles. The predicted molar refractivity (Wildman–Crippen MR) is 60.7 cm³/mol. The number of hydrogen-bond acceptors (Lipinski definition) is 5. The molecule has 0 unspecified atom stereocenters. The summed E-state index contributed by atoms with van der Waals surface area (Å²) in [6, 6.07) is 5.75. The quantitative estimate of drug-likeness (QED) is 0.859. The lowest BCUT2D eigenvalue weighted by molar-refractivity contribution is 0.449. The number of hydrogen-bond donors (Lipinski definition) is 1. The maximum atomic E-state index is 8.87. The average Bonchev–Trinajstić information content (AvgIpc) is 2.76. The van der Waals surface area contributed by atoms with Gasteiger partial charge in [0.25, 0.3) is 0 Å². The molecular formula is C12H12N4O. The fraction of sp³-hybridized carbons (Fsp3) is 0.250. The van der Waals surface area contributed by atoms with Gasteiger partial charge in [0.15, 0.2) is 0 Å². The summed E-state index contributed by atoms with van der Waals surface area (Å²) in [5.41, 5.74) is 1.32. The van der Waals surface area contributed by atoms with Gasteiger partial charge in [-0.25, -0.2) is 9.97 Å². The second-order valence-electron chi connectivity index (χ2n) is 3.59. The summed E-state index contributed by atoms with van der Waals surface area (Å²) in [5.74, 6) is 1.44. The maximum absolute atomic E-state index is 8.87. The Kier molecular flexibility index (Phi) is 3.48. The SMILES string of the molecule is Cc1cnc(CNCc2cccnc2C#N)o1. The van der Waals surface area contributed by atoms with E-state index in [1.54, 1.807) is 12.4 Å². The van der Waals surface area contributed by atoms with Crippen molar-refractivity contribution < 1.29 is 4.42 Å². The van der Waals surface area contributed by atoms with Crippen LogP contribution in [0.4, 0.5) is 0 Å². The standard InChI is InChI=1S/C12H12N4O/c1-9-6-16-12(17-9)8-14-7-10-3-2-4-15-11(10)5-13/h2-4,6,14H,7-8H2,1H3. The van der Waals surface area contributed by atoms with Crippen molar-refractivity contribution in [2.24, 2.45) is 0 Å². The van der Waals surface area contributed by atoms with Gasteiger partial charge in [-0.1, -0.05) is 6.07 Å². The van der Waals surface area contributed by atoms with Crippen molar-refractivity contribution in [3.05, 3.63) is 47.4 Å². The van der Waals surface area contributed by atoms with Crippen molar-refractivity contribution in [2.75, 3.05) is 0 Å². The van der Waals surface area contributed by atoms with Crippen LogP contribution in [0.25, 0.3) is 0 Å². The van der Waals surface area contributed by atoms with Gasteiger partial charge in [-0.2, -0.15) is 5.26 Å². The van der Waals surface area contributed by atoms with Gasteiger partial charge < -0.3 is 9.73 Å². The first kappa shape index (κ1) is 11.3. The minimum absolute atomic E-state index is 0.448. The van der Waals surface area contributed by atoms with Crippen LogP contribution in [0, 0.1) is 18.3 Å². The third-order valence-electron chi connectivity index (χ3n) is 2.26. The Morgan fingerprint density at radius 3 is 3.00 bits per heavy atom. The molecule has 0 aliphatic rings. The van der Waals surface area contributed by atoms with E-state index in [1.165, 1.54) is 0 Å². The van der Waals surface area contributed by atoms with Crippen molar-refractivity contribution in [2.45, 2.75) is 20.0 Å². The molecular weight excluding hydrogens is 216 g/mol. The lowest BCUT2D eigenvalue weighted by Crippen LogP contribution is -2.14. The molecule has 86 valence electrons. The molecule has 5 heteroatoms. The summed E-state index contributed by atoms with van der Waals surface area (Å²) in [7, 11) is 0. The van der Waals surface area contributed by atoms with Crippen molar-refractivity contribution in [1.82, 2.24) is 15.3 Å². The first-order chi connectivity index (χ1) is 8.29. The Balaban J connectivity index is 1.92. The van der Waals surface area contributed by atoms with E-state index in [2.05, 4.69) is 21.4 Å². The van der Waals surface area contributed by atoms with Crippen LogP contribution in [0.3, 0.4) is 0 Å². The van der Waals surface area contributed by atoms with E-state index >= 15 is 0 Å². The lowest BCUT2D eigenvalue weighted by Gasteiger charge is -2.03. The van der Waals surface area contributed by atoms with Crippen LogP contribution in [-0.4, -0.2) is 9.97 Å². The highest BCUT2D eigenvalue weighted by Gasteiger charge is 2.03. The highest BCUT2D eigenvalue weighted by atomic mass is 16.4. The van der Waals surface area contributed by atoms with Crippen LogP contribution in [0.15, 0.2) is 28.9 Å². The molecule has 0 atom stereocenters. The molecule has 0 radical (unpaired) electrons. The topological polar surface area (TPSA) is 74.7 Å². The van der Waals surface area contributed by atoms with Gasteiger partial charge in [-0.3, -0.25) is 0 Å². The van der Waals surface area contributed by atoms with Gasteiger partial charge in [0.1, 0.15) is 17.5 Å². The highest BCUT2D eigenvalue weighted by molar-refractivity contribution is 5.30. The Labute approximate surface area is 99.1 Å². The summed E-state index contributed by atoms with van der Waals surface area (Å²) < 4.78 is 5.32. The van der Waals surface area contributed by atoms with Crippen LogP contribution < -0.4 is 5.32 Å². The zero-order valence-corrected chi connectivity index (χ0v) is 9.47. The lowest BCUT2D eigenvalue weighted by atomic mass is 10.2. The molecule has 0 amide bonds. The van der Waals surface area contributed by atoms with E-state index in [0.717, 1.165) is 11.3 Å². The molecule has 2 heterocycles. The smallest absolute Gasteiger partial charge is 0.208 e. The molecule has 0 spiro atoms. The first-order valence-corrected chi connectivity index (χ1v) is 5.25. The van der Waals surface area contributed by atoms with Crippen molar-refractivity contribution in [3.63, 3.8) is 0 Å². The summed E-state index contributed by atoms with van der Waals surface area (Å²) in [6.07, 6.45) is 3.29. The van der Waals surface area contributed by atoms with E-state index in [9.17, 15) is 0 Å². The molecule has 17 heavy (non-hydrogen) atoms. The fourth-order valence-electron chi connectivity index (χ4n) is 1.47. The molecule has 0 bridgehead atoms. The molecule has 2 rings (SSSR count). The average molecular weight is 228 g/mol. The molecule has 0 fully saturated rings. The van der Waals surface area contributed by atoms with Crippen molar-refractivity contribution in [3.8, 4) is 6.07 Å². The summed E-state index contributed by atoms with van der Waals surface area (Å²) in [4.78, 5) is 8.07. The second kappa shape index (κ2) is 5.23. The zero-order chi connectivity index (χ0) is 12.1. The van der Waals surface area contributed by atoms with Gasteiger partial charge in [-0.15, -0.1) is 0 Å². The highest BCUT2D eigenvalue weighted by Crippen LogP contribution is 2.05. The molecule has 5 nitrogen and oxygen atoms in total. The van der Waals surface area contributed by atoms with E-state index in [-0.39, 0.29) is 0 Å². The number of nitrogens with one attached hydrogen (secondary N) is 1. The number of aromatic nitrogens is 2. The largest absolute Gasteiger partial charge is 0.445 e. The number of nitrogens with zero attached hydrogens (tertiary/aromatic N) is 3. The molecule has 2 aromatic rings. The Bertz CT molecular complexity index is 541. The van der Waals surface area contributed by atoms with Crippen molar-refractivity contribution in [1.29, 1.82) is 5.26 Å². The number of rotatable bonds is 4. The van der Waals surface area contributed by atoms with E-state index < -0.39 is 0 Å². The molecule has 1 N–H and O–H groups in total. The van der Waals surface area contributed by atoms with E-state index in [1.807, 2.05) is 19.1 Å². The third kappa shape index (κ3) is 2.89. The zero-order valence-electron chi connectivity index (χ0n) is 9.47. The minimum atomic E-state index is 0.448. The van der Waals surface area contributed by atoms with Gasteiger partial charge in [0.2, 0.25) is 5.89 Å². The van der Waals surface area contributed by atoms with Crippen LogP contribution in [0.2, 0.25) is 0 Å². The van der Waals surface area contributed by atoms with Gasteiger partial charge >= 0.3 is 0 Å². The van der Waals surface area contributed by atoms with Crippen LogP contribution in [0.1, 0.15) is 22.9 Å². The first-order valence-electron chi connectivity index (χ1n) is 5.25. The monoisotopic (exact) mass is 228 g/mol. The molecule has 0 saturated carbocycles. The molecule has 2 aromatic heterocycles. The number of pyridine rings is 1. The molecule has 0 aromatic carbocycles. The number of nitriles is 1. The Morgan fingerprint density at radius 2 is 2.29 bits per heavy atom. The fourth-order valence-corrected chi connectivity index (χ4v) is 1.47. The van der Waals surface area contributed by atoms with Crippen LogP contribution in [0.5, 0.6) is 0 Å². The van der Waals surface area contributed by atoms with Gasteiger partial charge in [0, 0.05) is 18.3 Å². The molecule has 0 aliphatic heterocycles. The maximum Gasteiger partial charge on any atom is 0.208 e. The Hall–Kier alpha value is -2.19. The van der Waals surface area contributed by atoms with Gasteiger partial charge in [-0.05, 0) is 13.0 Å². The third-order valence-corrected chi connectivity index (χ3v) is 2.26. The summed E-state index contributed by atoms with van der Waals surface area (Å²) in [6.45, 7) is 2.96. The molecule has 0 saturated heterocycles. The number of aryl methyl sites for hydroxylation is 1. The van der Waals surface area contributed by atoms with E-state index in [4.69, 9.17) is 9.68 Å². The summed E-state index contributed by atoms with van der Waals surface area (Å²) in [5, 5.41) is 12.0. The normalized spacial score (nSPS) is 10.1. The predicted octanol–water partition coefficient (Wildman–Crippen LogP) is 1.54. The Morgan fingerprint density at radius 1 is 1.41 bits per heavy atom. The van der Waals surface area contributed by atoms with Crippen LogP contribution in [-0.2, 0) is 13.1 Å². The van der Waals surface area contributed by atoms with Crippen LogP contribution >= 0.6 is 0 Å².